The highest BCUT2D eigenvalue weighted by Gasteiger charge is 2.17. The topological polar surface area (TPSA) is 75.6 Å². The first-order valence-electron chi connectivity index (χ1n) is 6.40. The predicted octanol–water partition coefficient (Wildman–Crippen LogP) is 1.68. The third-order valence-electron chi connectivity index (χ3n) is 3.18. The van der Waals surface area contributed by atoms with Gasteiger partial charge in [0.05, 0.1) is 17.2 Å². The lowest BCUT2D eigenvalue weighted by molar-refractivity contribution is 0.0690. The molecule has 2 rings (SSSR count). The van der Waals surface area contributed by atoms with Gasteiger partial charge in [-0.2, -0.15) is 0 Å². The van der Waals surface area contributed by atoms with Crippen molar-refractivity contribution in [2.45, 2.75) is 25.4 Å². The predicted molar refractivity (Wildman–Crippen MR) is 69.3 cm³/mol. The van der Waals surface area contributed by atoms with Crippen LogP contribution in [-0.2, 0) is 4.74 Å². The quantitative estimate of drug-likeness (QED) is 0.847. The number of ether oxygens (including phenoxy) is 1. The van der Waals surface area contributed by atoms with E-state index in [1.165, 1.54) is 12.1 Å². The molecule has 19 heavy (non-hydrogen) atoms. The Kier molecular flexibility index (Phi) is 4.52. The lowest BCUT2D eigenvalue weighted by Crippen LogP contribution is -2.28. The molecule has 1 heterocycles. The van der Waals surface area contributed by atoms with Crippen molar-refractivity contribution in [3.8, 4) is 0 Å². The molecule has 1 aliphatic heterocycles. The molecule has 1 aromatic carbocycles. The van der Waals surface area contributed by atoms with Crippen molar-refractivity contribution >= 4 is 11.9 Å². The van der Waals surface area contributed by atoms with E-state index in [9.17, 15) is 9.59 Å². The zero-order valence-corrected chi connectivity index (χ0v) is 10.6. The van der Waals surface area contributed by atoms with Gasteiger partial charge in [0.1, 0.15) is 0 Å². The number of rotatable bonds is 5. The molecule has 102 valence electrons. The molecule has 0 bridgehead atoms. The Labute approximate surface area is 111 Å². The molecular formula is C14H17NO4. The van der Waals surface area contributed by atoms with Gasteiger partial charge in [-0.3, -0.25) is 4.79 Å². The minimum absolute atomic E-state index is 0.0251. The molecule has 1 fully saturated rings. The van der Waals surface area contributed by atoms with Crippen LogP contribution in [0, 0.1) is 0 Å². The molecule has 0 aliphatic carbocycles. The smallest absolute Gasteiger partial charge is 0.336 e. The first kappa shape index (κ1) is 13.5. The van der Waals surface area contributed by atoms with Crippen LogP contribution in [0.15, 0.2) is 24.3 Å². The molecule has 1 aliphatic rings. The monoisotopic (exact) mass is 263 g/mol. The zero-order valence-electron chi connectivity index (χ0n) is 10.6. The Morgan fingerprint density at radius 1 is 1.32 bits per heavy atom. The first-order valence-corrected chi connectivity index (χ1v) is 6.40. The fourth-order valence-electron chi connectivity index (χ4n) is 2.18. The number of benzene rings is 1. The van der Waals surface area contributed by atoms with E-state index in [1.54, 1.807) is 12.1 Å². The van der Waals surface area contributed by atoms with Gasteiger partial charge >= 0.3 is 5.97 Å². The Balaban J connectivity index is 1.90. The van der Waals surface area contributed by atoms with Crippen molar-refractivity contribution in [2.75, 3.05) is 13.2 Å². The molecule has 1 atom stereocenters. The van der Waals surface area contributed by atoms with E-state index in [2.05, 4.69) is 5.32 Å². The third kappa shape index (κ3) is 3.54. The molecule has 5 heteroatoms. The largest absolute Gasteiger partial charge is 0.478 e. The summed E-state index contributed by atoms with van der Waals surface area (Å²) < 4.78 is 5.46. The van der Waals surface area contributed by atoms with E-state index in [0.29, 0.717) is 6.54 Å². The van der Waals surface area contributed by atoms with Crippen LogP contribution in [0.25, 0.3) is 0 Å². The van der Waals surface area contributed by atoms with Crippen molar-refractivity contribution < 1.29 is 19.4 Å². The summed E-state index contributed by atoms with van der Waals surface area (Å²) in [5.41, 5.74) is 0.222. The van der Waals surface area contributed by atoms with E-state index in [-0.39, 0.29) is 23.1 Å². The summed E-state index contributed by atoms with van der Waals surface area (Å²) in [7, 11) is 0. The number of carbonyl (C=O) groups excluding carboxylic acids is 1. The second-order valence-electron chi connectivity index (χ2n) is 4.53. The van der Waals surface area contributed by atoms with E-state index >= 15 is 0 Å². The van der Waals surface area contributed by atoms with Crippen LogP contribution in [0.5, 0.6) is 0 Å². The number of aromatic carboxylic acids is 1. The molecule has 1 unspecified atom stereocenters. The highest BCUT2D eigenvalue weighted by molar-refractivity contribution is 6.04. The highest BCUT2D eigenvalue weighted by atomic mass is 16.5. The molecule has 1 saturated heterocycles. The van der Waals surface area contributed by atoms with Gasteiger partial charge in [-0.05, 0) is 31.4 Å². The second-order valence-corrected chi connectivity index (χ2v) is 4.53. The van der Waals surface area contributed by atoms with Crippen molar-refractivity contribution in [2.24, 2.45) is 0 Å². The van der Waals surface area contributed by atoms with Crippen LogP contribution in [0.1, 0.15) is 40.0 Å². The number of carboxylic acids is 1. The summed E-state index contributed by atoms with van der Waals surface area (Å²) in [6.45, 7) is 1.29. The van der Waals surface area contributed by atoms with Gasteiger partial charge in [0.15, 0.2) is 0 Å². The lowest BCUT2D eigenvalue weighted by Gasteiger charge is -2.11. The Bertz CT molecular complexity index is 466. The SMILES string of the molecule is O=C(O)c1ccccc1C(=O)NCCC1CCCO1. The Morgan fingerprint density at radius 2 is 2.05 bits per heavy atom. The third-order valence-corrected chi connectivity index (χ3v) is 3.18. The molecule has 0 aromatic heterocycles. The number of carboxylic acid groups (broad SMARTS) is 1. The van der Waals surface area contributed by atoms with E-state index in [0.717, 1.165) is 25.9 Å². The van der Waals surface area contributed by atoms with Gasteiger partial charge in [-0.25, -0.2) is 4.79 Å². The van der Waals surface area contributed by atoms with E-state index in [4.69, 9.17) is 9.84 Å². The summed E-state index contributed by atoms with van der Waals surface area (Å²) in [4.78, 5) is 22.9. The molecule has 0 saturated carbocycles. The fourth-order valence-corrected chi connectivity index (χ4v) is 2.18. The maximum absolute atomic E-state index is 11.9. The van der Waals surface area contributed by atoms with Gasteiger partial charge in [-0.15, -0.1) is 0 Å². The van der Waals surface area contributed by atoms with Gasteiger partial charge in [0.2, 0.25) is 0 Å². The Hall–Kier alpha value is -1.88. The summed E-state index contributed by atoms with van der Waals surface area (Å²) in [6, 6.07) is 6.20. The van der Waals surface area contributed by atoms with Crippen molar-refractivity contribution in [1.29, 1.82) is 0 Å². The van der Waals surface area contributed by atoms with Gasteiger partial charge in [0, 0.05) is 13.2 Å². The lowest BCUT2D eigenvalue weighted by atomic mass is 10.1. The van der Waals surface area contributed by atoms with E-state index < -0.39 is 5.97 Å². The molecule has 2 N–H and O–H groups in total. The molecule has 0 spiro atoms. The van der Waals surface area contributed by atoms with Crippen LogP contribution < -0.4 is 5.32 Å². The number of hydrogen-bond donors (Lipinski definition) is 2. The van der Waals surface area contributed by atoms with Crippen molar-refractivity contribution in [3.63, 3.8) is 0 Å². The number of carbonyl (C=O) groups is 2. The van der Waals surface area contributed by atoms with Gasteiger partial charge < -0.3 is 15.2 Å². The number of amides is 1. The maximum atomic E-state index is 11.9. The second kappa shape index (κ2) is 6.33. The van der Waals surface area contributed by atoms with E-state index in [1.807, 2.05) is 0 Å². The average Bonchev–Trinajstić information content (AvgIpc) is 2.91. The van der Waals surface area contributed by atoms with Crippen LogP contribution >= 0.6 is 0 Å². The highest BCUT2D eigenvalue weighted by Crippen LogP contribution is 2.14. The van der Waals surface area contributed by atoms with Gasteiger partial charge in [-0.1, -0.05) is 12.1 Å². The maximum Gasteiger partial charge on any atom is 0.336 e. The molecule has 1 aromatic rings. The minimum atomic E-state index is -1.09. The van der Waals surface area contributed by atoms with Crippen LogP contribution in [0.3, 0.4) is 0 Å². The summed E-state index contributed by atoms with van der Waals surface area (Å²) in [6.07, 6.45) is 3.08. The average molecular weight is 263 g/mol. The molecule has 0 radical (unpaired) electrons. The van der Waals surface area contributed by atoms with Gasteiger partial charge in [0.25, 0.3) is 5.91 Å². The van der Waals surface area contributed by atoms with Crippen LogP contribution in [0.2, 0.25) is 0 Å². The zero-order chi connectivity index (χ0) is 13.7. The van der Waals surface area contributed by atoms with Crippen LogP contribution in [-0.4, -0.2) is 36.2 Å². The van der Waals surface area contributed by atoms with Crippen molar-refractivity contribution in [1.82, 2.24) is 5.32 Å². The fraction of sp³-hybridized carbons (Fsp3) is 0.429. The summed E-state index contributed by atoms with van der Waals surface area (Å²) in [5.74, 6) is -1.44. The van der Waals surface area contributed by atoms with Crippen LogP contribution in [0.4, 0.5) is 0 Å². The summed E-state index contributed by atoms with van der Waals surface area (Å²) in [5, 5.41) is 11.8. The minimum Gasteiger partial charge on any atom is -0.478 e. The molecule has 1 amide bonds. The first-order chi connectivity index (χ1) is 9.18. The van der Waals surface area contributed by atoms with Crippen molar-refractivity contribution in [3.05, 3.63) is 35.4 Å². The summed E-state index contributed by atoms with van der Waals surface area (Å²) >= 11 is 0. The molecular weight excluding hydrogens is 246 g/mol. The Morgan fingerprint density at radius 3 is 2.68 bits per heavy atom. The normalized spacial score (nSPS) is 18.2. The standard InChI is InChI=1S/C14H17NO4/c16-13(15-8-7-10-4-3-9-19-10)11-5-1-2-6-12(11)14(17)18/h1-2,5-6,10H,3-4,7-9H2,(H,15,16)(H,17,18). The number of hydrogen-bond acceptors (Lipinski definition) is 3. The number of nitrogens with one attached hydrogen (secondary N) is 1. The molecule has 5 nitrogen and oxygen atoms in total.